The van der Waals surface area contributed by atoms with Gasteiger partial charge in [0.2, 0.25) is 0 Å². The van der Waals surface area contributed by atoms with Gasteiger partial charge in [0.05, 0.1) is 0 Å². The van der Waals surface area contributed by atoms with E-state index in [-0.39, 0.29) is 92.7 Å². The van der Waals surface area contributed by atoms with Crippen molar-refractivity contribution in [3.63, 3.8) is 0 Å². The Morgan fingerprint density at radius 1 is 0.169 bits per heavy atom. The van der Waals surface area contributed by atoms with E-state index in [0.717, 1.165) is 201 Å². The van der Waals surface area contributed by atoms with E-state index in [1.54, 1.807) is 0 Å². The lowest BCUT2D eigenvalue weighted by atomic mass is 9.79. The fourth-order valence-corrected chi connectivity index (χ4v) is 17.8. The maximum absolute atomic E-state index is 13.3. The second kappa shape index (κ2) is 32.9. The van der Waals surface area contributed by atoms with Gasteiger partial charge >= 0.3 is 0 Å². The van der Waals surface area contributed by atoms with Gasteiger partial charge in [-0.2, -0.15) is 0 Å². The van der Waals surface area contributed by atoms with Crippen molar-refractivity contribution in [2.24, 2.45) is 0 Å². The van der Waals surface area contributed by atoms with Gasteiger partial charge in [0, 0.05) is 51.4 Å². The van der Waals surface area contributed by atoms with Crippen LogP contribution in [0.25, 0.3) is 22.3 Å². The normalized spacial score (nSPS) is 14.5. The Balaban J connectivity index is 0.911. The molecule has 28 rings (SSSR count). The van der Waals surface area contributed by atoms with Crippen LogP contribution in [0.2, 0.25) is 0 Å². The summed E-state index contributed by atoms with van der Waals surface area (Å²) in [6.45, 7) is 55.1. The van der Waals surface area contributed by atoms with Gasteiger partial charge in [0.15, 0.2) is 0 Å². The van der Waals surface area contributed by atoms with Crippen molar-refractivity contribution in [2.45, 2.75) is 287 Å². The number of benzene rings is 12. The first kappa shape index (κ1) is 87.9. The number of hydrogen-bond acceptors (Lipinski definition) is 8. The van der Waals surface area contributed by atoms with E-state index in [4.69, 9.17) is 18.9 Å². The molecular formula is C116H132O8. The molecule has 0 fully saturated rings. The molecule has 14 aliphatic heterocycles. The van der Waals surface area contributed by atoms with Gasteiger partial charge in [-0.25, -0.2) is 0 Å². The minimum atomic E-state index is -0.279. The number of hydrogen-bond donors (Lipinski definition) is 4. The Morgan fingerprint density at radius 3 is 0.395 bits per heavy atom. The number of aromatic hydroxyl groups is 4. The summed E-state index contributed by atoms with van der Waals surface area (Å²) in [5, 5.41) is 53.0. The van der Waals surface area contributed by atoms with E-state index < -0.39 is 0 Å². The average molecular weight is 1650 g/mol. The molecule has 14 heterocycles. The first-order valence-corrected chi connectivity index (χ1v) is 45.0. The molecular weight excluding hydrogens is 1520 g/mol. The van der Waals surface area contributed by atoms with Crippen LogP contribution >= 0.6 is 0 Å². The minimum Gasteiger partial charge on any atom is -0.507 e. The zero-order chi connectivity index (χ0) is 89.0. The van der Waals surface area contributed by atoms with E-state index in [1.807, 2.05) is 0 Å². The molecule has 0 unspecified atom stereocenters. The summed E-state index contributed by atoms with van der Waals surface area (Å²) in [4.78, 5) is 0. The van der Waals surface area contributed by atoms with Crippen LogP contribution < -0.4 is 18.9 Å². The van der Waals surface area contributed by atoms with E-state index in [1.165, 1.54) is 0 Å². The maximum atomic E-state index is 13.3. The second-order valence-corrected chi connectivity index (χ2v) is 44.4. The van der Waals surface area contributed by atoms with E-state index in [2.05, 4.69) is 360 Å². The number of rotatable bonds is 0. The predicted molar refractivity (Wildman–Crippen MR) is 511 cm³/mol. The lowest BCUT2D eigenvalue weighted by molar-refractivity contribution is 0.299. The molecule has 0 atom stereocenters. The van der Waals surface area contributed by atoms with Crippen LogP contribution in [0.15, 0.2) is 194 Å². The van der Waals surface area contributed by atoms with Crippen LogP contribution in [-0.4, -0.2) is 20.4 Å². The second-order valence-electron chi connectivity index (χ2n) is 44.4. The zero-order valence-electron chi connectivity index (χ0n) is 78.4. The van der Waals surface area contributed by atoms with Gasteiger partial charge in [0.1, 0.15) is 72.4 Å². The molecule has 0 aromatic heterocycles. The Hall–Kier alpha value is -11.0. The Morgan fingerprint density at radius 2 is 0.282 bits per heavy atom. The van der Waals surface area contributed by atoms with Gasteiger partial charge in [-0.05, 0) is 221 Å². The summed E-state index contributed by atoms with van der Waals surface area (Å²) in [5.74, 6) is 4.00. The molecule has 644 valence electrons. The van der Waals surface area contributed by atoms with Crippen molar-refractivity contribution in [1.82, 2.24) is 0 Å². The van der Waals surface area contributed by atoms with Crippen molar-refractivity contribution in [3.8, 4) is 68.2 Å². The zero-order valence-corrected chi connectivity index (χ0v) is 78.4. The molecule has 12 aromatic rings. The summed E-state index contributed by atoms with van der Waals surface area (Å²) in [6, 6.07) is 70.7. The van der Waals surface area contributed by atoms with Crippen molar-refractivity contribution in [1.29, 1.82) is 0 Å². The molecule has 0 radical (unpaired) electrons. The molecule has 8 nitrogen and oxygen atoms in total. The highest BCUT2D eigenvalue weighted by Crippen LogP contribution is 2.49. The molecule has 0 spiro atoms. The summed E-state index contributed by atoms with van der Waals surface area (Å²) in [7, 11) is 0. The minimum absolute atomic E-state index is 0.257. The van der Waals surface area contributed by atoms with Crippen LogP contribution in [0.5, 0.6) is 46.0 Å². The Bertz CT molecular complexity index is 5110. The lowest BCUT2D eigenvalue weighted by Crippen LogP contribution is -2.16. The predicted octanol–water partition coefficient (Wildman–Crippen LogP) is 28.2. The standard InChI is InChI=1S/C116H132O8/c1-109(2,3)93-49-77-41-85-57-97(113(13,14)15)59-87-43-79-51-94(110(4,5)6)52-80(102(79)118)44-88-60-98(114(16,17)18)58-86(42-78(50-93)101(77)117)106(88)122-66-70-27-35-74(36-28-70)76-39-31-72(32-40-76)68-124-108-90-46-82-54-95(111(7,8)9)53-81(103(82)119)45-89-61-99(115(19,20)21)63-91(107(89)123-67-71-29-37-75(38-30-71)73-33-25-69(26-34-73)65-121-105(85)87)47-83-55-96(112(10,11)12)56-84(104(83)120)48-92(108)64-100(62-90)116(22,23)24/h25-40,49-64,117-120H,41-48,65-68H2,1-24H3. The number of phenols is 4. The summed E-state index contributed by atoms with van der Waals surface area (Å²) in [6.07, 6.45) is 3.07. The molecule has 16 aliphatic rings. The SMILES string of the molecule is CC(C)(C)c1cc2c(O)c(c1)Cc1cc(C(C)(C)C)cc3c1OCc1ccc(cc1)-c1ccc(cc1)COc1c4cc(C(C)(C)C)cc1Cc1cc(C(C)(C)C)cc(c1O)Cc1cc(C(C)(C)C)cc(c1OCc1ccc(cc1)-c1ccc(cc1)COc1c(cc(C(C)(C)C)cc1Cc1cc(C(C)(C)C)cc(c1O)C3)C2)Cc1cc(C(C)(C)C)cc(c1O)C4. The molecule has 8 heteroatoms. The highest BCUT2D eigenvalue weighted by atomic mass is 16.5. The highest BCUT2D eigenvalue weighted by molar-refractivity contribution is 5.68. The maximum Gasteiger partial charge on any atom is 0.126 e. The molecule has 124 heavy (non-hydrogen) atoms. The third-order valence-corrected chi connectivity index (χ3v) is 26.0. The molecule has 12 aromatic carbocycles. The lowest BCUT2D eigenvalue weighted by Gasteiger charge is -2.28. The number of ether oxygens (including phenoxy) is 4. The molecule has 2 aliphatic carbocycles. The fourth-order valence-electron chi connectivity index (χ4n) is 17.8. The third-order valence-electron chi connectivity index (χ3n) is 26.0. The first-order valence-electron chi connectivity index (χ1n) is 45.0. The quantitative estimate of drug-likeness (QED) is 0.119. The molecule has 4 N–H and O–H groups in total. The van der Waals surface area contributed by atoms with Gasteiger partial charge in [0.25, 0.3) is 0 Å². The van der Waals surface area contributed by atoms with Crippen LogP contribution in [0, 0.1) is 0 Å². The topological polar surface area (TPSA) is 118 Å². The van der Waals surface area contributed by atoms with E-state index in [9.17, 15) is 20.4 Å². The molecule has 0 amide bonds. The van der Waals surface area contributed by atoms with Crippen LogP contribution in [0.3, 0.4) is 0 Å². The summed E-state index contributed by atoms with van der Waals surface area (Å²) >= 11 is 0. The van der Waals surface area contributed by atoms with Crippen molar-refractivity contribution >= 4 is 0 Å². The largest absolute Gasteiger partial charge is 0.507 e. The van der Waals surface area contributed by atoms with Crippen molar-refractivity contribution < 1.29 is 39.4 Å². The van der Waals surface area contributed by atoms with E-state index in [0.29, 0.717) is 51.4 Å². The van der Waals surface area contributed by atoms with Gasteiger partial charge in [-0.3, -0.25) is 0 Å². The summed E-state index contributed by atoms with van der Waals surface area (Å²) in [5.41, 5.74) is 29.2. The molecule has 28 bridgehead atoms. The van der Waals surface area contributed by atoms with Crippen LogP contribution in [-0.2, 0) is 121 Å². The monoisotopic (exact) mass is 1650 g/mol. The number of fused-ring (bicyclic) bond motifs is 2. The Labute approximate surface area is 740 Å². The van der Waals surface area contributed by atoms with Gasteiger partial charge in [-0.15, -0.1) is 0 Å². The van der Waals surface area contributed by atoms with E-state index >= 15 is 0 Å². The average Bonchev–Trinajstić information content (AvgIpc) is 0.763. The van der Waals surface area contributed by atoms with Crippen LogP contribution in [0.4, 0.5) is 0 Å². The first-order chi connectivity index (χ1) is 58.0. The molecule has 0 saturated carbocycles. The third kappa shape index (κ3) is 19.1. The Kier molecular flexibility index (Phi) is 23.3. The molecule has 0 saturated heterocycles. The highest BCUT2D eigenvalue weighted by Gasteiger charge is 2.34. The van der Waals surface area contributed by atoms with Crippen LogP contribution in [0.1, 0.15) is 322 Å². The smallest absolute Gasteiger partial charge is 0.126 e. The van der Waals surface area contributed by atoms with Crippen molar-refractivity contribution in [3.05, 3.63) is 350 Å². The fraction of sp³-hybridized carbons (Fsp3) is 0.379. The summed E-state index contributed by atoms with van der Waals surface area (Å²) < 4.78 is 29.6. The van der Waals surface area contributed by atoms with Gasteiger partial charge < -0.3 is 39.4 Å². The van der Waals surface area contributed by atoms with Gasteiger partial charge in [-0.1, -0.05) is 360 Å². The van der Waals surface area contributed by atoms with Crippen molar-refractivity contribution in [2.75, 3.05) is 0 Å². The number of phenolic OH excluding ortho intramolecular Hbond substituents is 4.